The van der Waals surface area contributed by atoms with Crippen molar-refractivity contribution >= 4 is 80.1 Å². The Kier molecular flexibility index (Phi) is 24.2. The summed E-state index contributed by atoms with van der Waals surface area (Å²) in [4.78, 5) is 105. The number of fused-ring (bicyclic) bond motifs is 3. The first-order valence-electron chi connectivity index (χ1n) is 27.0. The Hall–Kier alpha value is -11.5. The van der Waals surface area contributed by atoms with E-state index in [1.54, 1.807) is 72.8 Å². The molecule has 0 saturated carbocycles. The van der Waals surface area contributed by atoms with Crippen molar-refractivity contribution in [3.05, 3.63) is 180 Å². The second-order valence-electron chi connectivity index (χ2n) is 19.0. The number of carbonyl (C=O) groups excluding carboxylic acids is 8. The Morgan fingerprint density at radius 2 is 0.733 bits per heavy atom. The van der Waals surface area contributed by atoms with Gasteiger partial charge in [0.05, 0.1) is 54.6 Å². The quantitative estimate of drug-likeness (QED) is 0.0516. The number of benzene rings is 6. The van der Waals surface area contributed by atoms with Crippen molar-refractivity contribution in [2.75, 3.05) is 35.4 Å². The number of nitrogens with zero attached hydrogens (tertiary/aromatic N) is 4. The number of carbonyl (C=O) groups is 8. The third-order valence-electron chi connectivity index (χ3n) is 12.0. The molecule has 9 aromatic rings. The minimum Gasteiger partial charge on any atom is -0.505 e. The average Bonchev–Trinajstić information content (AvgIpc) is 0.822. The van der Waals surface area contributed by atoms with Gasteiger partial charge in [0.25, 0.3) is 0 Å². The van der Waals surface area contributed by atoms with E-state index in [2.05, 4.69) is 24.4 Å². The molecule has 90 heavy (non-hydrogen) atoms. The van der Waals surface area contributed by atoms with Gasteiger partial charge in [-0.2, -0.15) is 0 Å². The number of rotatable bonds is 16. The molecular weight excluding hydrogens is 1170 g/mol. The molecule has 0 atom stereocenters. The Labute approximate surface area is 515 Å². The zero-order chi connectivity index (χ0) is 65.6. The number of para-hydroxylation sites is 3. The van der Waals surface area contributed by atoms with Crippen molar-refractivity contribution in [3.63, 3.8) is 0 Å². The lowest BCUT2D eigenvalue weighted by molar-refractivity contribution is -0.156. The Bertz CT molecular complexity index is 4080. The van der Waals surface area contributed by atoms with E-state index in [1.807, 2.05) is 91.8 Å². The van der Waals surface area contributed by atoms with E-state index in [0.717, 1.165) is 0 Å². The topological polar surface area (TPSA) is 311 Å². The van der Waals surface area contributed by atoms with E-state index in [9.17, 15) is 48.6 Å². The van der Waals surface area contributed by atoms with E-state index >= 15 is 0 Å². The van der Waals surface area contributed by atoms with E-state index in [4.69, 9.17) is 37.9 Å². The van der Waals surface area contributed by atoms with Crippen LogP contribution in [0, 0.1) is 0 Å². The predicted molar refractivity (Wildman–Crippen MR) is 324 cm³/mol. The molecule has 0 amide bonds. The minimum absolute atomic E-state index is 0.0607. The molecular formula is C66H62N4O20. The maximum absolute atomic E-state index is 12.3. The van der Waals surface area contributed by atoms with E-state index in [0.29, 0.717) is 79.1 Å². The highest BCUT2D eigenvalue weighted by molar-refractivity contribution is 6.05. The molecule has 0 spiro atoms. The van der Waals surface area contributed by atoms with Crippen molar-refractivity contribution in [2.45, 2.75) is 54.4 Å². The van der Waals surface area contributed by atoms with Crippen LogP contribution in [0.5, 0.6) is 51.7 Å². The first-order chi connectivity index (χ1) is 43.0. The molecule has 0 aliphatic heterocycles. The van der Waals surface area contributed by atoms with Crippen LogP contribution in [0.2, 0.25) is 0 Å². The van der Waals surface area contributed by atoms with Gasteiger partial charge in [0, 0.05) is 57.3 Å². The summed E-state index contributed by atoms with van der Waals surface area (Å²) in [5.41, 5.74) is 0.569. The Balaban J connectivity index is 0.000000204. The maximum atomic E-state index is 12.3. The molecule has 24 nitrogen and oxygen atoms in total. The van der Waals surface area contributed by atoms with Gasteiger partial charge in [0.1, 0.15) is 47.7 Å². The fourth-order valence-corrected chi connectivity index (χ4v) is 8.41. The van der Waals surface area contributed by atoms with Crippen LogP contribution in [0.1, 0.15) is 83.2 Å². The molecule has 0 aliphatic rings. The number of methoxy groups -OCH3 is 3. The number of aromatic hydroxyl groups is 2. The highest BCUT2D eigenvalue weighted by atomic mass is 16.6. The molecule has 0 bridgehead atoms. The number of hydrogen-bond donors (Lipinski definition) is 2. The lowest BCUT2D eigenvalue weighted by atomic mass is 10.1. The molecule has 2 N–H and O–H groups in total. The Morgan fingerprint density at radius 1 is 0.400 bits per heavy atom. The van der Waals surface area contributed by atoms with Crippen molar-refractivity contribution in [1.29, 1.82) is 0 Å². The van der Waals surface area contributed by atoms with Gasteiger partial charge >= 0.3 is 47.8 Å². The van der Waals surface area contributed by atoms with Crippen LogP contribution < -0.4 is 18.9 Å². The molecule has 24 heteroatoms. The van der Waals surface area contributed by atoms with Crippen LogP contribution in [0.4, 0.5) is 0 Å². The molecule has 3 aromatic heterocycles. The molecule has 6 aromatic carbocycles. The van der Waals surface area contributed by atoms with Crippen molar-refractivity contribution in [1.82, 2.24) is 19.9 Å². The summed E-state index contributed by atoms with van der Waals surface area (Å²) in [6.45, 7) is 6.17. The lowest BCUT2D eigenvalue weighted by Crippen LogP contribution is -2.15. The minimum atomic E-state index is -0.799. The van der Waals surface area contributed by atoms with Crippen molar-refractivity contribution in [2.24, 2.45) is 0 Å². The van der Waals surface area contributed by atoms with E-state index < -0.39 is 47.8 Å². The van der Waals surface area contributed by atoms with Crippen LogP contribution in [0.25, 0.3) is 32.3 Å². The van der Waals surface area contributed by atoms with Gasteiger partial charge in [-0.1, -0.05) is 91.0 Å². The molecule has 0 fully saturated rings. The molecule has 0 saturated heterocycles. The van der Waals surface area contributed by atoms with Crippen LogP contribution in [0.15, 0.2) is 146 Å². The van der Waals surface area contributed by atoms with Gasteiger partial charge in [0.2, 0.25) is 0 Å². The molecule has 0 unspecified atom stereocenters. The van der Waals surface area contributed by atoms with Crippen LogP contribution >= 0.6 is 0 Å². The van der Waals surface area contributed by atoms with Gasteiger partial charge in [-0.05, 0) is 68.7 Å². The zero-order valence-electron chi connectivity index (χ0n) is 50.5. The highest BCUT2D eigenvalue weighted by Crippen LogP contribution is 2.42. The normalized spacial score (nSPS) is 10.3. The monoisotopic (exact) mass is 1230 g/mol. The van der Waals surface area contributed by atoms with Crippen LogP contribution in [-0.4, -0.2) is 113 Å². The molecule has 3 heterocycles. The third kappa shape index (κ3) is 18.3. The third-order valence-corrected chi connectivity index (χ3v) is 12.0. The summed E-state index contributed by atoms with van der Waals surface area (Å²) >= 11 is 0. The molecule has 0 radical (unpaired) electrons. The Morgan fingerprint density at radius 3 is 1.07 bits per heavy atom. The summed E-state index contributed by atoms with van der Waals surface area (Å²) in [6, 6.07) is 42.8. The standard InChI is InChI=1S/C22H19NO7.C20H20N2O4.C20H17NO6.C4H6O3/c1-13(24)28-12-17-19-16(21(29-14(2)25)20(23-17)22(26)27-3)10-7-11-18(19)30-15-8-5-4-6-9-15;1-22(2)12-15-17-14(19(23)18(21-15)20(24)25-3)10-7-11-16(17)26-13-8-5-4-6-9-13;1-12(22)26-11-15-17-14(19(23)18(21-15)20(24)25-2)9-6-10-16(17)27-13-7-4-3-5-8-13;1-3(5)7-4(2)6/h4-11H,12H2,1-3H3;4-11,23H,12H2,1-3H3;3-10,23H,11H2,1-2H3;1-2H3. The number of esters is 8. The summed E-state index contributed by atoms with van der Waals surface area (Å²) in [6.07, 6.45) is 0. The lowest BCUT2D eigenvalue weighted by Gasteiger charge is -2.17. The number of aromatic nitrogens is 3. The maximum Gasteiger partial charge on any atom is 0.360 e. The zero-order valence-corrected chi connectivity index (χ0v) is 50.5. The summed E-state index contributed by atoms with van der Waals surface area (Å²) in [5, 5.41) is 23.8. The van der Waals surface area contributed by atoms with Crippen LogP contribution in [0.3, 0.4) is 0 Å². The van der Waals surface area contributed by atoms with Gasteiger partial charge in [0.15, 0.2) is 34.3 Å². The number of pyridine rings is 3. The summed E-state index contributed by atoms with van der Waals surface area (Å²) in [5.74, 6) is -2.49. The second kappa shape index (κ2) is 32.3. The largest absolute Gasteiger partial charge is 0.505 e. The average molecular weight is 1230 g/mol. The van der Waals surface area contributed by atoms with Gasteiger partial charge in [-0.25, -0.2) is 29.3 Å². The SMILES string of the molecule is CC(=O)OC(C)=O.COC(=O)c1nc(CN(C)C)c2c(Oc3ccccc3)cccc2c1O.COC(=O)c1nc(COC(C)=O)c2c(Oc3ccccc3)cccc2c1O.COC(=O)c1nc(COC(C)=O)c2c(Oc3ccccc3)cccc2c1OC(C)=O. The second-order valence-corrected chi connectivity index (χ2v) is 19.0. The van der Waals surface area contributed by atoms with Crippen molar-refractivity contribution in [3.8, 4) is 51.7 Å². The molecule has 466 valence electrons. The van der Waals surface area contributed by atoms with Gasteiger partial charge in [-0.15, -0.1) is 0 Å². The van der Waals surface area contributed by atoms with Gasteiger partial charge in [-0.3, -0.25) is 24.0 Å². The number of ether oxygens (including phenoxy) is 10. The van der Waals surface area contributed by atoms with E-state index in [-0.39, 0.29) is 58.9 Å². The first-order valence-corrected chi connectivity index (χ1v) is 27.0. The fraction of sp³-hybridized carbons (Fsp3) is 0.197. The van der Waals surface area contributed by atoms with Gasteiger partial charge < -0.3 is 62.5 Å². The molecule has 0 aliphatic carbocycles. The summed E-state index contributed by atoms with van der Waals surface area (Å²) < 4.78 is 51.6. The number of hydrogen-bond acceptors (Lipinski definition) is 24. The van der Waals surface area contributed by atoms with Crippen LogP contribution in [-0.2, 0) is 72.2 Å². The highest BCUT2D eigenvalue weighted by Gasteiger charge is 2.27. The van der Waals surface area contributed by atoms with E-state index in [1.165, 1.54) is 55.9 Å². The first kappa shape index (κ1) is 67.6. The predicted octanol–water partition coefficient (Wildman–Crippen LogP) is 11.1. The van der Waals surface area contributed by atoms with Crippen molar-refractivity contribution < 1.29 is 95.9 Å². The smallest absolute Gasteiger partial charge is 0.360 e. The molecule has 9 rings (SSSR count). The summed E-state index contributed by atoms with van der Waals surface area (Å²) in [7, 11) is 7.44. The fourth-order valence-electron chi connectivity index (χ4n) is 8.41.